The summed E-state index contributed by atoms with van der Waals surface area (Å²) < 4.78 is 16.7. The molecule has 0 aromatic carbocycles. The zero-order chi connectivity index (χ0) is 41.2. The fourth-order valence-corrected chi connectivity index (χ4v) is 7.46. The Bertz CT molecular complexity index is 854. The van der Waals surface area contributed by atoms with Gasteiger partial charge in [-0.1, -0.05) is 234 Å². The first-order chi connectivity index (χ1) is 27.2. The summed E-state index contributed by atoms with van der Waals surface area (Å²) in [7, 11) is 0. The third-order valence-corrected chi connectivity index (χ3v) is 11.2. The quantitative estimate of drug-likeness (QED) is 0.0347. The van der Waals surface area contributed by atoms with E-state index < -0.39 is 6.10 Å². The monoisotopic (exact) mass is 793 g/mol. The Morgan fingerprint density at radius 3 is 0.875 bits per heavy atom. The Hall–Kier alpha value is -1.59. The van der Waals surface area contributed by atoms with Gasteiger partial charge in [0.15, 0.2) is 6.10 Å². The van der Waals surface area contributed by atoms with Crippen molar-refractivity contribution >= 4 is 17.9 Å². The van der Waals surface area contributed by atoms with Crippen molar-refractivity contribution in [3.8, 4) is 0 Å². The molecule has 0 aromatic heterocycles. The Balaban J connectivity index is 4.26. The van der Waals surface area contributed by atoms with Crippen LogP contribution in [0, 0.1) is 11.8 Å². The normalized spacial score (nSPS) is 12.1. The van der Waals surface area contributed by atoms with Gasteiger partial charge >= 0.3 is 17.9 Å². The summed E-state index contributed by atoms with van der Waals surface area (Å²) in [5.41, 5.74) is 0. The topological polar surface area (TPSA) is 78.9 Å². The van der Waals surface area contributed by atoms with E-state index in [0.29, 0.717) is 19.3 Å². The van der Waals surface area contributed by atoms with Crippen molar-refractivity contribution in [2.45, 2.75) is 278 Å². The van der Waals surface area contributed by atoms with E-state index in [1.54, 1.807) is 0 Å². The smallest absolute Gasteiger partial charge is 0.306 e. The van der Waals surface area contributed by atoms with Gasteiger partial charge in [0.1, 0.15) is 13.2 Å². The number of unbranched alkanes of at least 4 members (excludes halogenated alkanes) is 29. The van der Waals surface area contributed by atoms with E-state index >= 15 is 0 Å². The van der Waals surface area contributed by atoms with Gasteiger partial charge in [-0.2, -0.15) is 0 Å². The van der Waals surface area contributed by atoms with E-state index in [4.69, 9.17) is 14.2 Å². The van der Waals surface area contributed by atoms with Crippen molar-refractivity contribution in [2.75, 3.05) is 13.2 Å². The molecule has 0 aliphatic rings. The summed E-state index contributed by atoms with van der Waals surface area (Å²) in [4.78, 5) is 37.8. The molecule has 0 amide bonds. The summed E-state index contributed by atoms with van der Waals surface area (Å²) in [6.07, 6.45) is 42.3. The summed E-state index contributed by atoms with van der Waals surface area (Å²) in [6, 6.07) is 0. The molecule has 0 bridgehead atoms. The van der Waals surface area contributed by atoms with Crippen molar-refractivity contribution < 1.29 is 28.6 Å². The fourth-order valence-electron chi connectivity index (χ4n) is 7.46. The molecular weight excluding hydrogens is 697 g/mol. The standard InChI is InChI=1S/C50H96O6/c1-6-7-8-9-10-18-27-32-37-42-50(53)56-47(44-55-49(52)41-36-31-26-22-17-16-20-24-29-34-39-46(4)5)43-54-48(51)40-35-30-25-21-15-13-11-12-14-19-23-28-33-38-45(2)3/h45-47H,6-44H2,1-5H3/t47-/m1/s1. The lowest BCUT2D eigenvalue weighted by molar-refractivity contribution is -0.167. The highest BCUT2D eigenvalue weighted by Crippen LogP contribution is 2.17. The predicted molar refractivity (Wildman–Crippen MR) is 238 cm³/mol. The average Bonchev–Trinajstić information content (AvgIpc) is 3.16. The lowest BCUT2D eigenvalue weighted by atomic mass is 10.0. The molecule has 0 aliphatic heterocycles. The van der Waals surface area contributed by atoms with Crippen LogP contribution >= 0.6 is 0 Å². The third-order valence-electron chi connectivity index (χ3n) is 11.2. The minimum atomic E-state index is -0.760. The van der Waals surface area contributed by atoms with Gasteiger partial charge < -0.3 is 14.2 Å². The molecule has 0 heterocycles. The van der Waals surface area contributed by atoms with E-state index in [0.717, 1.165) is 69.6 Å². The maximum Gasteiger partial charge on any atom is 0.306 e. The number of esters is 3. The molecule has 0 aliphatic carbocycles. The van der Waals surface area contributed by atoms with Crippen molar-refractivity contribution in [3.05, 3.63) is 0 Å². The second kappa shape index (κ2) is 43.0. The highest BCUT2D eigenvalue weighted by atomic mass is 16.6. The van der Waals surface area contributed by atoms with E-state index in [9.17, 15) is 14.4 Å². The first-order valence-corrected chi connectivity index (χ1v) is 24.7. The minimum absolute atomic E-state index is 0.0642. The number of hydrogen-bond acceptors (Lipinski definition) is 6. The van der Waals surface area contributed by atoms with Crippen LogP contribution in [0.3, 0.4) is 0 Å². The van der Waals surface area contributed by atoms with Gasteiger partial charge in [-0.3, -0.25) is 14.4 Å². The van der Waals surface area contributed by atoms with Gasteiger partial charge in [0, 0.05) is 19.3 Å². The molecule has 1 atom stereocenters. The first kappa shape index (κ1) is 54.4. The predicted octanol–water partition coefficient (Wildman–Crippen LogP) is 15.8. The van der Waals surface area contributed by atoms with Crippen molar-refractivity contribution in [3.63, 3.8) is 0 Å². The second-order valence-corrected chi connectivity index (χ2v) is 18.1. The second-order valence-electron chi connectivity index (χ2n) is 18.1. The number of rotatable bonds is 44. The molecule has 0 spiro atoms. The van der Waals surface area contributed by atoms with Gasteiger partial charge in [-0.15, -0.1) is 0 Å². The van der Waals surface area contributed by atoms with Crippen LogP contribution in [0.5, 0.6) is 0 Å². The molecule has 0 saturated carbocycles. The van der Waals surface area contributed by atoms with E-state index in [-0.39, 0.29) is 31.1 Å². The van der Waals surface area contributed by atoms with E-state index in [1.807, 2.05) is 0 Å². The summed E-state index contributed by atoms with van der Waals surface area (Å²) in [5.74, 6) is 0.804. The summed E-state index contributed by atoms with van der Waals surface area (Å²) in [5, 5.41) is 0. The summed E-state index contributed by atoms with van der Waals surface area (Å²) in [6.45, 7) is 11.3. The van der Waals surface area contributed by atoms with Crippen molar-refractivity contribution in [2.24, 2.45) is 11.8 Å². The molecule has 0 rings (SSSR count). The Morgan fingerprint density at radius 1 is 0.339 bits per heavy atom. The number of carbonyl (C=O) groups is 3. The number of hydrogen-bond donors (Lipinski definition) is 0. The van der Waals surface area contributed by atoms with Gasteiger partial charge in [-0.25, -0.2) is 0 Å². The van der Waals surface area contributed by atoms with E-state index in [1.165, 1.54) is 161 Å². The van der Waals surface area contributed by atoms with Crippen LogP contribution in [0.4, 0.5) is 0 Å². The molecule has 0 saturated heterocycles. The van der Waals surface area contributed by atoms with Gasteiger partial charge in [0.05, 0.1) is 0 Å². The molecule has 0 radical (unpaired) electrons. The van der Waals surface area contributed by atoms with Crippen LogP contribution in [0.15, 0.2) is 0 Å². The highest BCUT2D eigenvalue weighted by Gasteiger charge is 2.19. The maximum absolute atomic E-state index is 12.7. The highest BCUT2D eigenvalue weighted by molar-refractivity contribution is 5.71. The Morgan fingerprint density at radius 2 is 0.589 bits per heavy atom. The van der Waals surface area contributed by atoms with Gasteiger partial charge in [0.25, 0.3) is 0 Å². The zero-order valence-electron chi connectivity index (χ0n) is 38.3. The van der Waals surface area contributed by atoms with Crippen LogP contribution in [-0.2, 0) is 28.6 Å². The molecule has 56 heavy (non-hydrogen) atoms. The third kappa shape index (κ3) is 43.5. The SMILES string of the molecule is CCCCCCCCCCCC(=O)O[C@H](COC(=O)CCCCCCCCCCCCCCCC(C)C)COC(=O)CCCCCCCCCCCCC(C)C. The zero-order valence-corrected chi connectivity index (χ0v) is 38.3. The van der Waals surface area contributed by atoms with Crippen molar-refractivity contribution in [1.82, 2.24) is 0 Å². The largest absolute Gasteiger partial charge is 0.462 e. The molecule has 0 unspecified atom stereocenters. The first-order valence-electron chi connectivity index (χ1n) is 24.7. The fraction of sp³-hybridized carbons (Fsp3) is 0.940. The number of ether oxygens (including phenoxy) is 3. The van der Waals surface area contributed by atoms with Gasteiger partial charge in [0.2, 0.25) is 0 Å². The molecular formula is C50H96O6. The van der Waals surface area contributed by atoms with E-state index in [2.05, 4.69) is 34.6 Å². The molecule has 332 valence electrons. The molecule has 0 aromatic rings. The average molecular weight is 793 g/mol. The van der Waals surface area contributed by atoms with Crippen LogP contribution in [-0.4, -0.2) is 37.2 Å². The number of carbonyl (C=O) groups excluding carboxylic acids is 3. The Kier molecular flexibility index (Phi) is 41.8. The summed E-state index contributed by atoms with van der Waals surface area (Å²) >= 11 is 0. The lowest BCUT2D eigenvalue weighted by Gasteiger charge is -2.18. The molecule has 0 fully saturated rings. The molecule has 6 heteroatoms. The maximum atomic E-state index is 12.7. The van der Waals surface area contributed by atoms with Crippen LogP contribution in [0.25, 0.3) is 0 Å². The van der Waals surface area contributed by atoms with Crippen molar-refractivity contribution in [1.29, 1.82) is 0 Å². The van der Waals surface area contributed by atoms with Crippen LogP contribution in [0.1, 0.15) is 272 Å². The van der Waals surface area contributed by atoms with Crippen LogP contribution in [0.2, 0.25) is 0 Å². The molecule has 0 N–H and O–H groups in total. The Labute approximate surface area is 348 Å². The minimum Gasteiger partial charge on any atom is -0.462 e. The van der Waals surface area contributed by atoms with Crippen LogP contribution < -0.4 is 0 Å². The molecule has 6 nitrogen and oxygen atoms in total. The lowest BCUT2D eigenvalue weighted by Crippen LogP contribution is -2.30. The van der Waals surface area contributed by atoms with Gasteiger partial charge in [-0.05, 0) is 31.1 Å².